The molecule has 0 bridgehead atoms. The number of hydrogen-bond donors (Lipinski definition) is 2. The molecule has 1 saturated carbocycles. The van der Waals surface area contributed by atoms with Gasteiger partial charge in [-0.25, -0.2) is 0 Å². The van der Waals surface area contributed by atoms with E-state index in [2.05, 4.69) is 10.0 Å². The average molecular weight is 247 g/mol. The van der Waals surface area contributed by atoms with Crippen LogP contribution in [0.25, 0.3) is 0 Å². The lowest BCUT2D eigenvalue weighted by atomic mass is 10.1. The smallest absolute Gasteiger partial charge is 0.279 e. The molecule has 1 heterocycles. The van der Waals surface area contributed by atoms with Crippen molar-refractivity contribution >= 4 is 10.2 Å². The van der Waals surface area contributed by atoms with Crippen molar-refractivity contribution in [2.24, 2.45) is 5.92 Å². The molecule has 2 rings (SSSR count). The molecule has 2 N–H and O–H groups in total. The second-order valence-corrected chi connectivity index (χ2v) is 6.68. The Morgan fingerprint density at radius 1 is 1.25 bits per heavy atom. The molecule has 2 fully saturated rings. The van der Waals surface area contributed by atoms with E-state index in [1.165, 1.54) is 17.1 Å². The van der Waals surface area contributed by atoms with Crippen molar-refractivity contribution in [2.75, 3.05) is 26.7 Å². The van der Waals surface area contributed by atoms with Gasteiger partial charge in [0.1, 0.15) is 0 Å². The zero-order valence-corrected chi connectivity index (χ0v) is 10.6. The third-order valence-electron chi connectivity index (χ3n) is 3.28. The molecule has 0 amide bonds. The molecule has 0 spiro atoms. The van der Waals surface area contributed by atoms with Gasteiger partial charge >= 0.3 is 0 Å². The maximum absolute atomic E-state index is 12.0. The summed E-state index contributed by atoms with van der Waals surface area (Å²) >= 11 is 0. The Morgan fingerprint density at radius 2 is 1.88 bits per heavy atom. The predicted octanol–water partition coefficient (Wildman–Crippen LogP) is -0.0854. The molecule has 1 aliphatic heterocycles. The summed E-state index contributed by atoms with van der Waals surface area (Å²) in [5.41, 5.74) is 0. The molecule has 6 heteroatoms. The molecule has 0 radical (unpaired) electrons. The topological polar surface area (TPSA) is 61.4 Å². The minimum Gasteiger partial charge on any atom is -0.317 e. The highest BCUT2D eigenvalue weighted by atomic mass is 32.2. The summed E-state index contributed by atoms with van der Waals surface area (Å²) < 4.78 is 28.2. The van der Waals surface area contributed by atoms with Crippen molar-refractivity contribution in [3.8, 4) is 0 Å². The highest BCUT2D eigenvalue weighted by molar-refractivity contribution is 7.87. The first-order valence-electron chi connectivity index (χ1n) is 6.02. The van der Waals surface area contributed by atoms with E-state index in [-0.39, 0.29) is 6.04 Å². The van der Waals surface area contributed by atoms with Crippen LogP contribution in [0, 0.1) is 5.92 Å². The molecule has 1 aliphatic carbocycles. The Hall–Kier alpha value is -0.170. The largest absolute Gasteiger partial charge is 0.317 e. The van der Waals surface area contributed by atoms with Crippen LogP contribution in [0.4, 0.5) is 0 Å². The quantitative estimate of drug-likeness (QED) is 0.714. The number of rotatable bonds is 5. The molecule has 0 aromatic carbocycles. The Morgan fingerprint density at radius 3 is 2.44 bits per heavy atom. The molecule has 0 aromatic heterocycles. The normalized spacial score (nSPS) is 23.9. The van der Waals surface area contributed by atoms with Crippen molar-refractivity contribution < 1.29 is 8.42 Å². The number of nitrogens with zero attached hydrogens (tertiary/aromatic N) is 1. The first-order chi connectivity index (χ1) is 7.58. The Bertz CT molecular complexity index is 321. The van der Waals surface area contributed by atoms with Gasteiger partial charge in [-0.1, -0.05) is 0 Å². The highest BCUT2D eigenvalue weighted by Crippen LogP contribution is 2.29. The van der Waals surface area contributed by atoms with Crippen LogP contribution in [0.5, 0.6) is 0 Å². The Balaban J connectivity index is 1.84. The standard InChI is InChI=1S/C10H21N3O2S/c1-13(8-9-2-3-9)16(14,15)12-10-4-6-11-7-5-10/h9-12H,2-8H2,1H3. The zero-order valence-electron chi connectivity index (χ0n) is 9.78. The maximum Gasteiger partial charge on any atom is 0.279 e. The molecule has 0 atom stereocenters. The summed E-state index contributed by atoms with van der Waals surface area (Å²) in [6, 6.07) is 0.105. The van der Waals surface area contributed by atoms with Crippen LogP contribution in [0.3, 0.4) is 0 Å². The molecular formula is C10H21N3O2S. The minimum absolute atomic E-state index is 0.105. The second-order valence-electron chi connectivity index (χ2n) is 4.87. The fourth-order valence-electron chi connectivity index (χ4n) is 2.00. The molecular weight excluding hydrogens is 226 g/mol. The molecule has 0 unspecified atom stereocenters. The summed E-state index contributed by atoms with van der Waals surface area (Å²) in [4.78, 5) is 0. The van der Waals surface area contributed by atoms with Crippen LogP contribution in [-0.2, 0) is 10.2 Å². The fourth-order valence-corrected chi connectivity index (χ4v) is 3.25. The lowest BCUT2D eigenvalue weighted by Gasteiger charge is -2.26. The molecule has 5 nitrogen and oxygen atoms in total. The van der Waals surface area contributed by atoms with Gasteiger partial charge in [0.15, 0.2) is 0 Å². The molecule has 0 aromatic rings. The first kappa shape index (κ1) is 12.3. The van der Waals surface area contributed by atoms with Gasteiger partial charge < -0.3 is 5.32 Å². The van der Waals surface area contributed by atoms with Crippen molar-refractivity contribution in [1.82, 2.24) is 14.3 Å². The average Bonchev–Trinajstić information content (AvgIpc) is 3.02. The van der Waals surface area contributed by atoms with E-state index >= 15 is 0 Å². The van der Waals surface area contributed by atoms with Crippen molar-refractivity contribution in [3.63, 3.8) is 0 Å². The Kier molecular flexibility index (Phi) is 3.84. The van der Waals surface area contributed by atoms with Gasteiger partial charge in [-0.15, -0.1) is 0 Å². The lowest BCUT2D eigenvalue weighted by molar-refractivity contribution is 0.396. The van der Waals surface area contributed by atoms with Crippen molar-refractivity contribution in [2.45, 2.75) is 31.7 Å². The van der Waals surface area contributed by atoms with Gasteiger partial charge in [0.2, 0.25) is 0 Å². The van der Waals surface area contributed by atoms with Gasteiger partial charge in [0.05, 0.1) is 0 Å². The summed E-state index contributed by atoms with van der Waals surface area (Å²) in [7, 11) is -1.59. The monoisotopic (exact) mass is 247 g/mol. The van der Waals surface area contributed by atoms with E-state index in [4.69, 9.17) is 0 Å². The second kappa shape index (κ2) is 5.00. The van der Waals surface area contributed by atoms with E-state index in [0.29, 0.717) is 12.5 Å². The van der Waals surface area contributed by atoms with E-state index in [9.17, 15) is 8.42 Å². The van der Waals surface area contributed by atoms with Gasteiger partial charge in [0, 0.05) is 19.6 Å². The minimum atomic E-state index is -3.26. The van der Waals surface area contributed by atoms with Crippen LogP contribution < -0.4 is 10.0 Å². The van der Waals surface area contributed by atoms with E-state index in [1.807, 2.05) is 0 Å². The van der Waals surface area contributed by atoms with Crippen molar-refractivity contribution in [3.05, 3.63) is 0 Å². The summed E-state index contributed by atoms with van der Waals surface area (Å²) in [6.07, 6.45) is 4.12. The molecule has 94 valence electrons. The third-order valence-corrected chi connectivity index (χ3v) is 4.88. The third kappa shape index (κ3) is 3.41. The number of hydrogen-bond acceptors (Lipinski definition) is 3. The van der Waals surface area contributed by atoms with Crippen LogP contribution in [-0.4, -0.2) is 45.4 Å². The summed E-state index contributed by atoms with van der Waals surface area (Å²) in [5, 5.41) is 3.22. The maximum atomic E-state index is 12.0. The summed E-state index contributed by atoms with van der Waals surface area (Å²) in [6.45, 7) is 2.47. The fraction of sp³-hybridized carbons (Fsp3) is 1.00. The molecule has 2 aliphatic rings. The van der Waals surface area contributed by atoms with Gasteiger partial charge in [-0.3, -0.25) is 0 Å². The number of nitrogens with one attached hydrogen (secondary N) is 2. The highest BCUT2D eigenvalue weighted by Gasteiger charge is 2.29. The van der Waals surface area contributed by atoms with Crippen LogP contribution in [0.1, 0.15) is 25.7 Å². The van der Waals surface area contributed by atoms with Crippen LogP contribution in [0.15, 0.2) is 0 Å². The van der Waals surface area contributed by atoms with Crippen LogP contribution >= 0.6 is 0 Å². The number of piperidine rings is 1. The molecule has 16 heavy (non-hydrogen) atoms. The predicted molar refractivity (Wildman–Crippen MR) is 63.3 cm³/mol. The van der Waals surface area contributed by atoms with Crippen molar-refractivity contribution in [1.29, 1.82) is 0 Å². The Labute approximate surface area is 97.8 Å². The lowest BCUT2D eigenvalue weighted by Crippen LogP contribution is -2.48. The van der Waals surface area contributed by atoms with E-state index in [1.54, 1.807) is 7.05 Å². The van der Waals surface area contributed by atoms with E-state index < -0.39 is 10.2 Å². The summed E-state index contributed by atoms with van der Waals surface area (Å²) in [5.74, 6) is 0.592. The first-order valence-corrected chi connectivity index (χ1v) is 7.46. The van der Waals surface area contributed by atoms with Crippen LogP contribution in [0.2, 0.25) is 0 Å². The zero-order chi connectivity index (χ0) is 11.6. The SMILES string of the molecule is CN(CC1CC1)S(=O)(=O)NC1CCNCC1. The van der Waals surface area contributed by atoms with Gasteiger partial charge in [0.25, 0.3) is 10.2 Å². The van der Waals surface area contributed by atoms with E-state index in [0.717, 1.165) is 25.9 Å². The van der Waals surface area contributed by atoms with Gasteiger partial charge in [-0.05, 0) is 44.7 Å². The van der Waals surface area contributed by atoms with Gasteiger partial charge in [-0.2, -0.15) is 17.4 Å². The molecule has 1 saturated heterocycles.